The summed E-state index contributed by atoms with van der Waals surface area (Å²) in [5.74, 6) is -0.770. The van der Waals surface area contributed by atoms with Crippen molar-refractivity contribution in [2.24, 2.45) is 50.2 Å². The molecule has 0 aromatic carbocycles. The molecule has 5 aliphatic carbocycles. The lowest BCUT2D eigenvalue weighted by Crippen LogP contribution is -2.65. The van der Waals surface area contributed by atoms with Crippen LogP contribution in [-0.2, 0) is 9.59 Å². The average molecular weight is 487 g/mol. The molecule has 5 heteroatoms. The van der Waals surface area contributed by atoms with Gasteiger partial charge in [0.15, 0.2) is 0 Å². The quantitative estimate of drug-likeness (QED) is 0.398. The normalized spacial score (nSPS) is 52.7. The molecule has 0 unspecified atom stereocenters. The molecule has 0 aliphatic heterocycles. The fraction of sp³-hybridized carbons (Fsp3) is 0.867. The molecule has 0 saturated heterocycles. The van der Waals surface area contributed by atoms with Crippen LogP contribution in [0, 0.1) is 50.2 Å². The fourth-order valence-electron chi connectivity index (χ4n) is 10.6. The number of aliphatic carboxylic acids is 2. The molecule has 0 spiro atoms. The monoisotopic (exact) mass is 486 g/mol. The number of carbonyl (C=O) groups is 2. The van der Waals surface area contributed by atoms with E-state index in [1.54, 1.807) is 0 Å². The molecular formula is C30H46O5. The summed E-state index contributed by atoms with van der Waals surface area (Å²) in [6, 6.07) is 0. The van der Waals surface area contributed by atoms with Gasteiger partial charge in [0, 0.05) is 0 Å². The SMILES string of the molecule is CC1(C)[C@@H](O)CC[C@]2(C)[C@H]3CC=C4[C@@H]5C[C@@](C)(C(=O)O)CC[C@]5(C(=O)O)CC[C@@]4(C)[C@]3(C)CC[C@@H]12. The van der Waals surface area contributed by atoms with E-state index < -0.39 is 22.8 Å². The average Bonchev–Trinajstić information content (AvgIpc) is 2.77. The van der Waals surface area contributed by atoms with Crippen molar-refractivity contribution in [3.63, 3.8) is 0 Å². The highest BCUT2D eigenvalue weighted by atomic mass is 16.4. The summed E-state index contributed by atoms with van der Waals surface area (Å²) in [4.78, 5) is 25.0. The van der Waals surface area contributed by atoms with Crippen LogP contribution in [0.3, 0.4) is 0 Å². The Hall–Kier alpha value is -1.36. The predicted octanol–water partition coefficient (Wildman–Crippen LogP) is 6.30. The number of carboxylic acids is 2. The Morgan fingerprint density at radius 3 is 2.11 bits per heavy atom. The second kappa shape index (κ2) is 7.36. The highest BCUT2D eigenvalue weighted by Gasteiger charge is 2.69. The van der Waals surface area contributed by atoms with Gasteiger partial charge in [-0.2, -0.15) is 0 Å². The predicted molar refractivity (Wildman–Crippen MR) is 135 cm³/mol. The van der Waals surface area contributed by atoms with Gasteiger partial charge in [-0.3, -0.25) is 9.59 Å². The van der Waals surface area contributed by atoms with Gasteiger partial charge in [-0.25, -0.2) is 0 Å². The molecule has 0 aromatic rings. The second-order valence-electron chi connectivity index (χ2n) is 14.8. The lowest BCUT2D eigenvalue weighted by molar-refractivity contribution is -0.206. The Labute approximate surface area is 210 Å². The number of aliphatic hydroxyl groups is 1. The summed E-state index contributed by atoms with van der Waals surface area (Å²) in [5, 5.41) is 31.4. The van der Waals surface area contributed by atoms with Crippen LogP contribution in [0.15, 0.2) is 11.6 Å². The van der Waals surface area contributed by atoms with E-state index in [-0.39, 0.29) is 33.7 Å². The molecule has 196 valence electrons. The van der Waals surface area contributed by atoms with E-state index in [0.29, 0.717) is 37.5 Å². The van der Waals surface area contributed by atoms with Gasteiger partial charge in [0.2, 0.25) is 0 Å². The molecule has 3 N–H and O–H groups in total. The number of hydrogen-bond acceptors (Lipinski definition) is 3. The lowest BCUT2D eigenvalue weighted by atomic mass is 9.33. The van der Waals surface area contributed by atoms with Crippen molar-refractivity contribution in [3.05, 3.63) is 11.6 Å². The lowest BCUT2D eigenvalue weighted by Gasteiger charge is -2.71. The Morgan fingerprint density at radius 1 is 0.829 bits per heavy atom. The van der Waals surface area contributed by atoms with Crippen LogP contribution in [0.2, 0.25) is 0 Å². The van der Waals surface area contributed by atoms with E-state index in [1.807, 2.05) is 6.92 Å². The molecule has 5 rings (SSSR count). The number of fused-ring (bicyclic) bond motifs is 7. The van der Waals surface area contributed by atoms with Crippen LogP contribution in [0.5, 0.6) is 0 Å². The Balaban J connectivity index is 1.60. The van der Waals surface area contributed by atoms with Crippen molar-refractivity contribution in [3.8, 4) is 0 Å². The van der Waals surface area contributed by atoms with Gasteiger partial charge >= 0.3 is 11.9 Å². The standard InChI is InChI=1S/C30H46O5/c1-25(2)20-9-12-29(6)21(27(20,4)11-10-22(25)31)8-7-18-19-17-26(3,23(32)33)13-15-30(19,24(34)35)16-14-28(18,29)5/h7,19-22,31H,8-17H2,1-6H3,(H,32,33)(H,34,35)/t19-,20-,21+,22-,26-,27-,28+,29+,30-/m0/s1. The molecular weight excluding hydrogens is 440 g/mol. The van der Waals surface area contributed by atoms with Crippen molar-refractivity contribution in [1.82, 2.24) is 0 Å². The van der Waals surface area contributed by atoms with Crippen molar-refractivity contribution < 1.29 is 24.9 Å². The zero-order valence-corrected chi connectivity index (χ0v) is 22.6. The molecule has 4 saturated carbocycles. The largest absolute Gasteiger partial charge is 0.481 e. The van der Waals surface area contributed by atoms with Gasteiger partial charge in [0.05, 0.1) is 16.9 Å². The van der Waals surface area contributed by atoms with E-state index in [1.165, 1.54) is 5.57 Å². The number of allylic oxidation sites excluding steroid dienone is 2. The Morgan fingerprint density at radius 2 is 1.49 bits per heavy atom. The molecule has 0 heterocycles. The van der Waals surface area contributed by atoms with Gasteiger partial charge in [-0.1, -0.05) is 46.3 Å². The molecule has 5 aliphatic rings. The zero-order chi connectivity index (χ0) is 25.8. The van der Waals surface area contributed by atoms with Gasteiger partial charge in [0.25, 0.3) is 0 Å². The summed E-state index contributed by atoms with van der Waals surface area (Å²) in [5.41, 5.74) is -0.474. The third kappa shape index (κ3) is 2.97. The minimum absolute atomic E-state index is 0.0441. The van der Waals surface area contributed by atoms with E-state index in [2.05, 4.69) is 40.7 Å². The second-order valence-corrected chi connectivity index (χ2v) is 14.8. The van der Waals surface area contributed by atoms with E-state index >= 15 is 0 Å². The Bertz CT molecular complexity index is 983. The first-order chi connectivity index (χ1) is 16.1. The third-order valence-corrected chi connectivity index (χ3v) is 13.3. The first-order valence-corrected chi connectivity index (χ1v) is 13.9. The van der Waals surface area contributed by atoms with Gasteiger partial charge in [-0.15, -0.1) is 0 Å². The van der Waals surface area contributed by atoms with Gasteiger partial charge < -0.3 is 15.3 Å². The van der Waals surface area contributed by atoms with Crippen LogP contribution in [0.1, 0.15) is 106 Å². The molecule has 5 nitrogen and oxygen atoms in total. The van der Waals surface area contributed by atoms with E-state index in [9.17, 15) is 24.9 Å². The number of carboxylic acid groups (broad SMARTS) is 2. The summed E-state index contributed by atoms with van der Waals surface area (Å²) >= 11 is 0. The summed E-state index contributed by atoms with van der Waals surface area (Å²) in [6.45, 7) is 13.7. The van der Waals surface area contributed by atoms with Gasteiger partial charge in [0.1, 0.15) is 0 Å². The first-order valence-electron chi connectivity index (χ1n) is 13.9. The number of hydrogen-bond donors (Lipinski definition) is 3. The Kier molecular flexibility index (Phi) is 5.32. The summed E-state index contributed by atoms with van der Waals surface area (Å²) in [7, 11) is 0. The summed E-state index contributed by atoms with van der Waals surface area (Å²) < 4.78 is 0. The number of aliphatic hydroxyl groups excluding tert-OH is 1. The van der Waals surface area contributed by atoms with Crippen LogP contribution < -0.4 is 0 Å². The molecule has 4 fully saturated rings. The maximum absolute atomic E-state index is 12.8. The topological polar surface area (TPSA) is 94.8 Å². The zero-order valence-electron chi connectivity index (χ0n) is 22.6. The van der Waals surface area contributed by atoms with Crippen LogP contribution in [0.25, 0.3) is 0 Å². The minimum Gasteiger partial charge on any atom is -0.481 e. The molecule has 9 atom stereocenters. The van der Waals surface area contributed by atoms with Crippen molar-refractivity contribution in [2.45, 2.75) is 112 Å². The highest BCUT2D eigenvalue weighted by Crippen LogP contribution is 2.75. The fourth-order valence-corrected chi connectivity index (χ4v) is 10.6. The smallest absolute Gasteiger partial charge is 0.310 e. The van der Waals surface area contributed by atoms with E-state index in [4.69, 9.17) is 0 Å². The van der Waals surface area contributed by atoms with Crippen molar-refractivity contribution >= 4 is 11.9 Å². The molecule has 0 bridgehead atoms. The van der Waals surface area contributed by atoms with E-state index in [0.717, 1.165) is 38.5 Å². The number of rotatable bonds is 2. The third-order valence-electron chi connectivity index (χ3n) is 13.3. The summed E-state index contributed by atoms with van der Waals surface area (Å²) in [6.07, 6.45) is 9.97. The maximum Gasteiger partial charge on any atom is 0.310 e. The molecule has 0 aromatic heterocycles. The first kappa shape index (κ1) is 25.3. The van der Waals surface area contributed by atoms with Crippen LogP contribution in [0.4, 0.5) is 0 Å². The van der Waals surface area contributed by atoms with Crippen molar-refractivity contribution in [1.29, 1.82) is 0 Å². The van der Waals surface area contributed by atoms with Crippen LogP contribution >= 0.6 is 0 Å². The minimum atomic E-state index is -0.867. The molecule has 0 amide bonds. The molecule has 0 radical (unpaired) electrons. The highest BCUT2D eigenvalue weighted by molar-refractivity contribution is 5.79. The van der Waals surface area contributed by atoms with Gasteiger partial charge in [-0.05, 0) is 111 Å². The van der Waals surface area contributed by atoms with Crippen LogP contribution in [-0.4, -0.2) is 33.4 Å². The molecule has 35 heavy (non-hydrogen) atoms. The van der Waals surface area contributed by atoms with Crippen molar-refractivity contribution in [2.75, 3.05) is 0 Å². The maximum atomic E-state index is 12.8.